The van der Waals surface area contributed by atoms with Gasteiger partial charge in [0, 0.05) is 13.1 Å². The zero-order valence-electron chi connectivity index (χ0n) is 12.7. The Bertz CT molecular complexity index is 355. The summed E-state index contributed by atoms with van der Waals surface area (Å²) < 4.78 is 5.31. The highest BCUT2D eigenvalue weighted by molar-refractivity contribution is 5.74. The van der Waals surface area contributed by atoms with Gasteiger partial charge in [-0.1, -0.05) is 27.7 Å². The van der Waals surface area contributed by atoms with E-state index in [0.29, 0.717) is 31.8 Å². The summed E-state index contributed by atoms with van der Waals surface area (Å²) >= 11 is 0. The molecule has 1 aliphatic rings. The molecule has 1 fully saturated rings. The van der Waals surface area contributed by atoms with Crippen LogP contribution in [0.4, 0.5) is 4.79 Å². The fourth-order valence-corrected chi connectivity index (χ4v) is 1.82. The summed E-state index contributed by atoms with van der Waals surface area (Å²) in [5.41, 5.74) is 0.0373. The molecule has 2 atom stereocenters. The lowest BCUT2D eigenvalue weighted by atomic mass is 9.81. The fraction of sp³-hybridized carbons (Fsp3) is 0.857. The summed E-state index contributed by atoms with van der Waals surface area (Å²) in [6, 6.07) is -0.235. The molecule has 3 N–H and O–H groups in total. The molecule has 116 valence electrons. The van der Waals surface area contributed by atoms with Gasteiger partial charge in [-0.05, 0) is 24.2 Å². The first-order chi connectivity index (χ1) is 9.22. The zero-order chi connectivity index (χ0) is 15.3. The third-order valence-electron chi connectivity index (χ3n) is 4.14. The van der Waals surface area contributed by atoms with E-state index in [1.165, 1.54) is 0 Å². The molecular weight excluding hydrogens is 260 g/mol. The SMILES string of the molecule is CC(C)C(C)(C)CNC(=O)NCC1CCC(C(=O)O)O1. The molecule has 1 rings (SSSR count). The number of rotatable bonds is 6. The lowest BCUT2D eigenvalue weighted by Crippen LogP contribution is -2.44. The van der Waals surface area contributed by atoms with E-state index in [-0.39, 0.29) is 17.6 Å². The number of ether oxygens (including phenoxy) is 1. The van der Waals surface area contributed by atoms with Crippen molar-refractivity contribution in [2.75, 3.05) is 13.1 Å². The fourth-order valence-electron chi connectivity index (χ4n) is 1.82. The highest BCUT2D eigenvalue weighted by Gasteiger charge is 2.30. The molecule has 0 aliphatic carbocycles. The molecule has 0 radical (unpaired) electrons. The van der Waals surface area contributed by atoms with Crippen LogP contribution in [0.25, 0.3) is 0 Å². The number of carbonyl (C=O) groups is 2. The zero-order valence-corrected chi connectivity index (χ0v) is 12.7. The van der Waals surface area contributed by atoms with E-state index in [9.17, 15) is 9.59 Å². The number of amides is 2. The molecule has 2 amide bonds. The molecule has 0 bridgehead atoms. The topological polar surface area (TPSA) is 87.7 Å². The lowest BCUT2D eigenvalue weighted by Gasteiger charge is -2.29. The van der Waals surface area contributed by atoms with Crippen LogP contribution in [0, 0.1) is 11.3 Å². The van der Waals surface area contributed by atoms with Gasteiger partial charge in [0.05, 0.1) is 6.10 Å². The minimum atomic E-state index is -0.935. The number of carbonyl (C=O) groups excluding carboxylic acids is 1. The number of hydrogen-bond donors (Lipinski definition) is 3. The van der Waals surface area contributed by atoms with Gasteiger partial charge in [-0.3, -0.25) is 0 Å². The van der Waals surface area contributed by atoms with Crippen LogP contribution in [-0.2, 0) is 9.53 Å². The normalized spacial score (nSPS) is 22.9. The van der Waals surface area contributed by atoms with Crippen LogP contribution in [0.1, 0.15) is 40.5 Å². The Hall–Kier alpha value is -1.30. The molecule has 0 aromatic heterocycles. The second kappa shape index (κ2) is 6.92. The Morgan fingerprint density at radius 1 is 1.30 bits per heavy atom. The van der Waals surface area contributed by atoms with E-state index in [4.69, 9.17) is 9.84 Å². The quantitative estimate of drug-likeness (QED) is 0.692. The van der Waals surface area contributed by atoms with Crippen LogP contribution in [0.15, 0.2) is 0 Å². The molecule has 0 aromatic carbocycles. The molecule has 1 heterocycles. The van der Waals surface area contributed by atoms with Gasteiger partial charge in [-0.15, -0.1) is 0 Å². The maximum atomic E-state index is 11.7. The van der Waals surface area contributed by atoms with Gasteiger partial charge in [0.15, 0.2) is 6.10 Å². The summed E-state index contributed by atoms with van der Waals surface area (Å²) in [5, 5.41) is 14.4. The maximum Gasteiger partial charge on any atom is 0.332 e. The first kappa shape index (κ1) is 16.8. The van der Waals surface area contributed by atoms with Crippen molar-refractivity contribution in [3.63, 3.8) is 0 Å². The van der Waals surface area contributed by atoms with Crippen molar-refractivity contribution in [3.8, 4) is 0 Å². The molecule has 6 heteroatoms. The van der Waals surface area contributed by atoms with Crippen LogP contribution in [0.2, 0.25) is 0 Å². The molecule has 6 nitrogen and oxygen atoms in total. The smallest absolute Gasteiger partial charge is 0.332 e. The van der Waals surface area contributed by atoms with Crippen molar-refractivity contribution in [3.05, 3.63) is 0 Å². The second-order valence-corrected chi connectivity index (χ2v) is 6.37. The molecule has 0 saturated carbocycles. The number of carboxylic acid groups (broad SMARTS) is 1. The number of hydrogen-bond acceptors (Lipinski definition) is 3. The minimum Gasteiger partial charge on any atom is -0.479 e. The van der Waals surface area contributed by atoms with Crippen LogP contribution < -0.4 is 10.6 Å². The van der Waals surface area contributed by atoms with Gasteiger partial charge in [-0.25, -0.2) is 9.59 Å². The average molecular weight is 286 g/mol. The summed E-state index contributed by atoms with van der Waals surface area (Å²) in [4.78, 5) is 22.4. The molecule has 1 aliphatic heterocycles. The highest BCUT2D eigenvalue weighted by atomic mass is 16.5. The first-order valence-electron chi connectivity index (χ1n) is 7.12. The van der Waals surface area contributed by atoms with E-state index in [0.717, 1.165) is 0 Å². The predicted molar refractivity (Wildman–Crippen MR) is 75.6 cm³/mol. The van der Waals surface area contributed by atoms with Gasteiger partial charge in [0.1, 0.15) is 0 Å². The molecule has 2 unspecified atom stereocenters. The monoisotopic (exact) mass is 286 g/mol. The van der Waals surface area contributed by atoms with Gasteiger partial charge in [0.2, 0.25) is 0 Å². The summed E-state index contributed by atoms with van der Waals surface area (Å²) in [6.07, 6.45) is 0.225. The molecule has 0 aromatic rings. The molecule has 20 heavy (non-hydrogen) atoms. The lowest BCUT2D eigenvalue weighted by molar-refractivity contribution is -0.149. The van der Waals surface area contributed by atoms with E-state index in [1.54, 1.807) is 0 Å². The van der Waals surface area contributed by atoms with Crippen molar-refractivity contribution in [2.45, 2.75) is 52.7 Å². The molecule has 1 saturated heterocycles. The second-order valence-electron chi connectivity index (χ2n) is 6.37. The van der Waals surface area contributed by atoms with Crippen LogP contribution in [0.5, 0.6) is 0 Å². The third-order valence-corrected chi connectivity index (χ3v) is 4.14. The Balaban J connectivity index is 2.23. The van der Waals surface area contributed by atoms with E-state index >= 15 is 0 Å². The van der Waals surface area contributed by atoms with Crippen molar-refractivity contribution in [1.29, 1.82) is 0 Å². The largest absolute Gasteiger partial charge is 0.479 e. The van der Waals surface area contributed by atoms with Crippen LogP contribution in [-0.4, -0.2) is 42.4 Å². The van der Waals surface area contributed by atoms with Gasteiger partial charge >= 0.3 is 12.0 Å². The third kappa shape index (κ3) is 5.00. The van der Waals surface area contributed by atoms with Crippen molar-refractivity contribution in [2.24, 2.45) is 11.3 Å². The highest BCUT2D eigenvalue weighted by Crippen LogP contribution is 2.24. The number of aliphatic carboxylic acids is 1. The summed E-state index contributed by atoms with van der Waals surface area (Å²) in [5.74, 6) is -0.465. The summed E-state index contributed by atoms with van der Waals surface area (Å²) in [7, 11) is 0. The van der Waals surface area contributed by atoms with E-state index in [2.05, 4.69) is 38.3 Å². The van der Waals surface area contributed by atoms with Crippen molar-refractivity contribution < 1.29 is 19.4 Å². The van der Waals surface area contributed by atoms with Crippen molar-refractivity contribution >= 4 is 12.0 Å². The number of carboxylic acids is 1. The van der Waals surface area contributed by atoms with Gasteiger partial charge in [-0.2, -0.15) is 0 Å². The summed E-state index contributed by atoms with van der Waals surface area (Å²) in [6.45, 7) is 9.40. The minimum absolute atomic E-state index is 0.0373. The van der Waals surface area contributed by atoms with E-state index in [1.807, 2.05) is 0 Å². The predicted octanol–water partition coefficient (Wildman–Crippen LogP) is 1.60. The first-order valence-corrected chi connectivity index (χ1v) is 7.12. The standard InChI is InChI=1S/C14H26N2O4/c1-9(2)14(3,4)8-16-13(19)15-7-10-5-6-11(20-10)12(17)18/h9-11H,5-8H2,1-4H3,(H,17,18)(H2,15,16,19). The Morgan fingerprint density at radius 2 is 1.95 bits per heavy atom. The van der Waals surface area contributed by atoms with Crippen LogP contribution >= 0.6 is 0 Å². The Morgan fingerprint density at radius 3 is 2.45 bits per heavy atom. The number of urea groups is 1. The van der Waals surface area contributed by atoms with Crippen molar-refractivity contribution in [1.82, 2.24) is 10.6 Å². The molecule has 0 spiro atoms. The van der Waals surface area contributed by atoms with Gasteiger partial charge in [0.25, 0.3) is 0 Å². The Labute approximate surface area is 120 Å². The van der Waals surface area contributed by atoms with Gasteiger partial charge < -0.3 is 20.5 Å². The Kier molecular flexibility index (Phi) is 5.80. The average Bonchev–Trinajstić information content (AvgIpc) is 2.82. The number of nitrogens with one attached hydrogen (secondary N) is 2. The maximum absolute atomic E-state index is 11.7. The molecular formula is C14H26N2O4. The van der Waals surface area contributed by atoms with Crippen LogP contribution in [0.3, 0.4) is 0 Å². The van der Waals surface area contributed by atoms with E-state index < -0.39 is 12.1 Å².